The maximum atomic E-state index is 13.5. The summed E-state index contributed by atoms with van der Waals surface area (Å²) in [7, 11) is -3.77. The summed E-state index contributed by atoms with van der Waals surface area (Å²) in [5, 5.41) is 4.83. The lowest BCUT2D eigenvalue weighted by Gasteiger charge is -2.26. The van der Waals surface area contributed by atoms with Gasteiger partial charge in [0.05, 0.1) is 15.1 Å². The van der Waals surface area contributed by atoms with E-state index in [9.17, 15) is 13.2 Å². The predicted molar refractivity (Wildman–Crippen MR) is 164 cm³/mol. The van der Waals surface area contributed by atoms with E-state index < -0.39 is 10.0 Å². The van der Waals surface area contributed by atoms with Gasteiger partial charge in [0.1, 0.15) is 10.0 Å². The molecule has 3 heterocycles. The van der Waals surface area contributed by atoms with Crippen LogP contribution in [0.4, 0.5) is 10.7 Å². The molecule has 1 amide bonds. The van der Waals surface area contributed by atoms with Gasteiger partial charge in [0.15, 0.2) is 0 Å². The van der Waals surface area contributed by atoms with Gasteiger partial charge in [0.2, 0.25) is 0 Å². The molecule has 0 aliphatic carbocycles. The van der Waals surface area contributed by atoms with Crippen molar-refractivity contribution in [3.05, 3.63) is 94.9 Å². The minimum Gasteiger partial charge on any atom is -0.313 e. The highest BCUT2D eigenvalue weighted by atomic mass is 32.2. The van der Waals surface area contributed by atoms with Crippen molar-refractivity contribution < 1.29 is 13.2 Å². The molecule has 7 nitrogen and oxygen atoms in total. The first-order valence-corrected chi connectivity index (χ1v) is 16.2. The van der Waals surface area contributed by atoms with E-state index in [0.717, 1.165) is 58.3 Å². The van der Waals surface area contributed by atoms with Crippen molar-refractivity contribution in [1.82, 2.24) is 9.88 Å². The smallest absolute Gasteiger partial charge is 0.261 e. The first kappa shape index (κ1) is 26.6. The molecule has 0 atom stereocenters. The van der Waals surface area contributed by atoms with E-state index in [-0.39, 0.29) is 10.8 Å². The lowest BCUT2D eigenvalue weighted by molar-refractivity contribution is 0.102. The predicted octanol–water partition coefficient (Wildman–Crippen LogP) is 6.85. The van der Waals surface area contributed by atoms with Crippen molar-refractivity contribution >= 4 is 59.5 Å². The Hall–Kier alpha value is -3.57. The fraction of sp³-hybridized carbons (Fsp3) is 0.200. The Morgan fingerprint density at radius 3 is 2.60 bits per heavy atom. The van der Waals surface area contributed by atoms with Crippen molar-refractivity contribution in [1.29, 1.82) is 0 Å². The number of sulfonamides is 1. The van der Waals surface area contributed by atoms with Gasteiger partial charge in [0.25, 0.3) is 15.9 Å². The highest BCUT2D eigenvalue weighted by Crippen LogP contribution is 2.45. The molecule has 0 spiro atoms. The van der Waals surface area contributed by atoms with E-state index in [0.29, 0.717) is 11.3 Å². The molecular weight excluding hydrogens is 561 g/mol. The van der Waals surface area contributed by atoms with Crippen LogP contribution in [0.2, 0.25) is 0 Å². The number of para-hydroxylation sites is 1. The number of fused-ring (bicyclic) bond motifs is 2. The monoisotopic (exact) mass is 588 g/mol. The Bertz CT molecular complexity index is 1760. The van der Waals surface area contributed by atoms with Crippen LogP contribution in [0.1, 0.15) is 34.1 Å². The van der Waals surface area contributed by atoms with Crippen LogP contribution >= 0.6 is 22.7 Å². The molecule has 0 radical (unpaired) electrons. The summed E-state index contributed by atoms with van der Waals surface area (Å²) in [5.41, 5.74) is 3.90. The Labute approximate surface area is 241 Å². The van der Waals surface area contributed by atoms with Gasteiger partial charge in [-0.1, -0.05) is 43.3 Å². The molecule has 5 aromatic rings. The number of anilines is 2. The third-order valence-electron chi connectivity index (χ3n) is 6.84. The minimum absolute atomic E-state index is 0.159. The van der Waals surface area contributed by atoms with Crippen LogP contribution in [0.25, 0.3) is 20.8 Å². The molecule has 2 aromatic heterocycles. The van der Waals surface area contributed by atoms with E-state index in [1.807, 2.05) is 18.2 Å². The quantitative estimate of drug-likeness (QED) is 0.207. The van der Waals surface area contributed by atoms with Crippen LogP contribution in [0.15, 0.2) is 83.8 Å². The number of carbonyl (C=O) groups excluding carboxylic acids is 1. The van der Waals surface area contributed by atoms with Crippen LogP contribution in [0, 0.1) is 0 Å². The van der Waals surface area contributed by atoms with Crippen LogP contribution in [0.5, 0.6) is 0 Å². The number of amides is 1. The Morgan fingerprint density at radius 2 is 1.80 bits per heavy atom. The second-order valence-electron chi connectivity index (χ2n) is 9.67. The third kappa shape index (κ3) is 5.40. The summed E-state index contributed by atoms with van der Waals surface area (Å²) in [4.78, 5) is 22.3. The zero-order chi connectivity index (χ0) is 27.7. The molecule has 0 bridgehead atoms. The number of thiophene rings is 1. The normalized spacial score (nSPS) is 13.7. The summed E-state index contributed by atoms with van der Waals surface area (Å²) in [6, 6.07) is 22.8. The third-order valence-corrected chi connectivity index (χ3v) is 10.4. The zero-order valence-electron chi connectivity index (χ0n) is 21.9. The van der Waals surface area contributed by atoms with E-state index in [4.69, 9.17) is 4.98 Å². The number of nitrogens with one attached hydrogen (secondary N) is 2. The van der Waals surface area contributed by atoms with E-state index in [1.165, 1.54) is 22.6 Å². The molecule has 40 heavy (non-hydrogen) atoms. The highest BCUT2D eigenvalue weighted by molar-refractivity contribution is 7.92. The second-order valence-corrected chi connectivity index (χ2v) is 13.5. The molecule has 0 saturated carbocycles. The fourth-order valence-corrected chi connectivity index (χ4v) is 8.44. The SMILES string of the molecule is CCCN1CCc2c(sc(NC(=O)c3cccc(NS(=O)(=O)c4ccccc4)c3)c2-c2nc3ccccc3s2)C1. The largest absolute Gasteiger partial charge is 0.313 e. The number of rotatable bonds is 8. The van der Waals surface area contributed by atoms with Crippen molar-refractivity contribution in [3.8, 4) is 10.6 Å². The Morgan fingerprint density at radius 1 is 1.00 bits per heavy atom. The van der Waals surface area contributed by atoms with Crippen molar-refractivity contribution in [3.63, 3.8) is 0 Å². The average molecular weight is 589 g/mol. The first-order valence-electron chi connectivity index (χ1n) is 13.1. The Kier molecular flexibility index (Phi) is 7.41. The minimum atomic E-state index is -3.77. The topological polar surface area (TPSA) is 91.4 Å². The molecular formula is C30H28N4O3S3. The molecule has 0 saturated heterocycles. The molecule has 204 valence electrons. The average Bonchev–Trinajstić information content (AvgIpc) is 3.54. The molecule has 6 rings (SSSR count). The maximum absolute atomic E-state index is 13.5. The molecule has 3 aromatic carbocycles. The van der Waals surface area contributed by atoms with Gasteiger partial charge < -0.3 is 5.32 Å². The van der Waals surface area contributed by atoms with E-state index in [1.54, 1.807) is 65.1 Å². The van der Waals surface area contributed by atoms with Gasteiger partial charge in [-0.15, -0.1) is 22.7 Å². The lowest BCUT2D eigenvalue weighted by atomic mass is 10.0. The number of thiazole rings is 1. The van der Waals surface area contributed by atoms with Gasteiger partial charge >= 0.3 is 0 Å². The fourth-order valence-electron chi connectivity index (χ4n) is 4.97. The molecule has 1 aliphatic heterocycles. The summed E-state index contributed by atoms with van der Waals surface area (Å²) in [6.45, 7) is 5.07. The second kappa shape index (κ2) is 11.1. The van der Waals surface area contributed by atoms with Crippen LogP contribution < -0.4 is 10.0 Å². The van der Waals surface area contributed by atoms with Crippen molar-refractivity contribution in [2.24, 2.45) is 0 Å². The summed E-state index contributed by atoms with van der Waals surface area (Å²) in [6.07, 6.45) is 2.00. The lowest BCUT2D eigenvalue weighted by Crippen LogP contribution is -2.30. The highest BCUT2D eigenvalue weighted by Gasteiger charge is 2.28. The van der Waals surface area contributed by atoms with Crippen molar-refractivity contribution in [2.45, 2.75) is 31.2 Å². The standard InChI is InChI=1S/C30H28N4O3S3/c1-2-16-34-17-15-23-26(19-34)39-30(27(23)29-31-24-13-6-7-14-25(24)38-29)32-28(35)20-9-8-10-21(18-20)33-40(36,37)22-11-4-3-5-12-22/h3-14,18,33H,2,15-17,19H2,1H3,(H,32,35). The maximum Gasteiger partial charge on any atom is 0.261 e. The van der Waals surface area contributed by atoms with Crippen LogP contribution in [-0.2, 0) is 23.0 Å². The van der Waals surface area contributed by atoms with E-state index >= 15 is 0 Å². The number of hydrogen-bond acceptors (Lipinski definition) is 7. The number of carbonyl (C=O) groups is 1. The van der Waals surface area contributed by atoms with Gasteiger partial charge in [-0.05, 0) is 67.4 Å². The van der Waals surface area contributed by atoms with Gasteiger partial charge in [0, 0.05) is 34.8 Å². The molecule has 10 heteroatoms. The first-order chi connectivity index (χ1) is 19.4. The van der Waals surface area contributed by atoms with Crippen LogP contribution in [-0.4, -0.2) is 37.3 Å². The molecule has 0 fully saturated rings. The van der Waals surface area contributed by atoms with Crippen molar-refractivity contribution in [2.75, 3.05) is 23.1 Å². The Balaban J connectivity index is 1.32. The number of nitrogens with zero attached hydrogens (tertiary/aromatic N) is 2. The van der Waals surface area contributed by atoms with Crippen LogP contribution in [0.3, 0.4) is 0 Å². The van der Waals surface area contributed by atoms with E-state index in [2.05, 4.69) is 27.9 Å². The molecule has 2 N–H and O–H groups in total. The number of aromatic nitrogens is 1. The van der Waals surface area contributed by atoms with Gasteiger partial charge in [-0.2, -0.15) is 0 Å². The zero-order valence-corrected chi connectivity index (χ0v) is 24.3. The number of hydrogen-bond donors (Lipinski definition) is 2. The van der Waals surface area contributed by atoms with Gasteiger partial charge in [-0.3, -0.25) is 14.4 Å². The number of benzene rings is 3. The summed E-state index contributed by atoms with van der Waals surface area (Å²) >= 11 is 3.25. The molecule has 0 unspecified atom stereocenters. The summed E-state index contributed by atoms with van der Waals surface area (Å²) in [5.74, 6) is -0.299. The molecule has 1 aliphatic rings. The summed E-state index contributed by atoms with van der Waals surface area (Å²) < 4.78 is 29.3. The van der Waals surface area contributed by atoms with Gasteiger partial charge in [-0.25, -0.2) is 13.4 Å².